The molecule has 0 saturated carbocycles. The second kappa shape index (κ2) is 7.76. The van der Waals surface area contributed by atoms with E-state index in [0.29, 0.717) is 15.6 Å². The highest BCUT2D eigenvalue weighted by atomic mass is 35.5. The van der Waals surface area contributed by atoms with Gasteiger partial charge in [0.25, 0.3) is 5.56 Å². The lowest BCUT2D eigenvalue weighted by molar-refractivity contribution is 0.0685. The standard InChI is InChI=1S/C16H17Cl2N3O4/c1-4-25-13-12(15(23)24)19-16(21(3)14(13)22)20(2)8-9-10(17)6-5-7-11(9)18/h5-7H,4,8H2,1-3H3,(H,23,24). The zero-order chi connectivity index (χ0) is 18.7. The molecule has 0 bridgehead atoms. The Morgan fingerprint density at radius 3 is 2.48 bits per heavy atom. The Bertz CT molecular complexity index is 847. The molecule has 2 rings (SSSR count). The number of carbonyl (C=O) groups is 1. The summed E-state index contributed by atoms with van der Waals surface area (Å²) in [6.45, 7) is 2.05. The fourth-order valence-corrected chi connectivity index (χ4v) is 2.84. The highest BCUT2D eigenvalue weighted by Crippen LogP contribution is 2.27. The number of ether oxygens (including phenoxy) is 1. The second-order valence-electron chi connectivity index (χ2n) is 5.25. The van der Waals surface area contributed by atoms with Crippen molar-refractivity contribution in [2.24, 2.45) is 7.05 Å². The van der Waals surface area contributed by atoms with Gasteiger partial charge in [0.05, 0.1) is 6.61 Å². The number of hydrogen-bond acceptors (Lipinski definition) is 5. The molecule has 1 heterocycles. The van der Waals surface area contributed by atoms with Gasteiger partial charge in [-0.1, -0.05) is 29.3 Å². The molecule has 0 radical (unpaired) electrons. The van der Waals surface area contributed by atoms with Crippen LogP contribution in [0.5, 0.6) is 5.75 Å². The van der Waals surface area contributed by atoms with Crippen molar-refractivity contribution in [3.05, 3.63) is 49.9 Å². The van der Waals surface area contributed by atoms with Crippen LogP contribution in [0, 0.1) is 0 Å². The average Bonchev–Trinajstić information content (AvgIpc) is 2.55. The first-order chi connectivity index (χ1) is 11.8. The van der Waals surface area contributed by atoms with E-state index in [1.54, 1.807) is 37.1 Å². The summed E-state index contributed by atoms with van der Waals surface area (Å²) in [5.74, 6) is -1.47. The predicted octanol–water partition coefficient (Wildman–Crippen LogP) is 2.82. The molecule has 7 nitrogen and oxygen atoms in total. The molecular formula is C16H17Cl2N3O4. The molecule has 0 spiro atoms. The molecule has 0 fully saturated rings. The van der Waals surface area contributed by atoms with E-state index in [-0.39, 0.29) is 24.8 Å². The molecule has 134 valence electrons. The van der Waals surface area contributed by atoms with Crippen molar-refractivity contribution >= 4 is 35.1 Å². The Kier molecular flexibility index (Phi) is 5.92. The molecule has 1 aromatic heterocycles. The second-order valence-corrected chi connectivity index (χ2v) is 6.06. The number of nitrogens with zero attached hydrogens (tertiary/aromatic N) is 3. The Morgan fingerprint density at radius 1 is 1.36 bits per heavy atom. The molecule has 9 heteroatoms. The topological polar surface area (TPSA) is 84.7 Å². The summed E-state index contributed by atoms with van der Waals surface area (Å²) >= 11 is 12.3. The zero-order valence-corrected chi connectivity index (χ0v) is 15.4. The Labute approximate surface area is 154 Å². The van der Waals surface area contributed by atoms with Gasteiger partial charge in [-0.25, -0.2) is 9.78 Å². The summed E-state index contributed by atoms with van der Waals surface area (Å²) in [5, 5.41) is 10.3. The summed E-state index contributed by atoms with van der Waals surface area (Å²) in [5.41, 5.74) is -0.369. The largest absolute Gasteiger partial charge is 0.486 e. The van der Waals surface area contributed by atoms with E-state index in [1.165, 1.54) is 11.6 Å². The molecule has 0 aliphatic heterocycles. The molecule has 0 amide bonds. The summed E-state index contributed by atoms with van der Waals surface area (Å²) in [6.07, 6.45) is 0. The Hall–Kier alpha value is -2.25. The van der Waals surface area contributed by atoms with Gasteiger partial charge < -0.3 is 14.7 Å². The van der Waals surface area contributed by atoms with Gasteiger partial charge in [0, 0.05) is 36.2 Å². The molecule has 0 saturated heterocycles. The Balaban J connectivity index is 2.51. The highest BCUT2D eigenvalue weighted by Gasteiger charge is 2.23. The van der Waals surface area contributed by atoms with E-state index in [9.17, 15) is 14.7 Å². The van der Waals surface area contributed by atoms with Gasteiger partial charge in [-0.05, 0) is 19.1 Å². The lowest BCUT2D eigenvalue weighted by atomic mass is 10.2. The summed E-state index contributed by atoms with van der Waals surface area (Å²) in [4.78, 5) is 29.6. The van der Waals surface area contributed by atoms with Gasteiger partial charge in [-0.2, -0.15) is 0 Å². The molecule has 1 N–H and O–H groups in total. The number of aromatic nitrogens is 2. The third kappa shape index (κ3) is 3.88. The lowest BCUT2D eigenvalue weighted by Gasteiger charge is -2.22. The first-order valence-electron chi connectivity index (χ1n) is 7.39. The van der Waals surface area contributed by atoms with Crippen molar-refractivity contribution in [3.63, 3.8) is 0 Å². The number of benzene rings is 1. The quantitative estimate of drug-likeness (QED) is 0.822. The Morgan fingerprint density at radius 2 is 1.96 bits per heavy atom. The maximum absolute atomic E-state index is 12.5. The molecule has 2 aromatic rings. The highest BCUT2D eigenvalue weighted by molar-refractivity contribution is 6.36. The van der Waals surface area contributed by atoms with Gasteiger partial charge in [0.1, 0.15) is 0 Å². The van der Waals surface area contributed by atoms with Crippen LogP contribution < -0.4 is 15.2 Å². The van der Waals surface area contributed by atoms with Crippen LogP contribution in [0.2, 0.25) is 10.0 Å². The monoisotopic (exact) mass is 385 g/mol. The van der Waals surface area contributed by atoms with E-state index in [2.05, 4.69) is 4.98 Å². The van der Waals surface area contributed by atoms with Crippen LogP contribution in [0.3, 0.4) is 0 Å². The molecular weight excluding hydrogens is 369 g/mol. The van der Waals surface area contributed by atoms with Crippen LogP contribution in [0.4, 0.5) is 5.95 Å². The number of carboxylic acid groups (broad SMARTS) is 1. The van der Waals surface area contributed by atoms with Crippen LogP contribution in [0.25, 0.3) is 0 Å². The smallest absolute Gasteiger partial charge is 0.358 e. The van der Waals surface area contributed by atoms with Crippen molar-refractivity contribution in [1.29, 1.82) is 0 Å². The van der Waals surface area contributed by atoms with Crippen molar-refractivity contribution in [2.45, 2.75) is 13.5 Å². The summed E-state index contributed by atoms with van der Waals surface area (Å²) in [7, 11) is 3.15. The first-order valence-corrected chi connectivity index (χ1v) is 8.14. The van der Waals surface area contributed by atoms with Gasteiger partial charge in [0.2, 0.25) is 11.7 Å². The normalized spacial score (nSPS) is 10.6. The van der Waals surface area contributed by atoms with E-state index in [4.69, 9.17) is 27.9 Å². The summed E-state index contributed by atoms with van der Waals surface area (Å²) < 4.78 is 6.39. The maximum atomic E-state index is 12.5. The zero-order valence-electron chi connectivity index (χ0n) is 13.9. The number of carboxylic acids is 1. The minimum atomic E-state index is -1.34. The van der Waals surface area contributed by atoms with Crippen molar-refractivity contribution in [3.8, 4) is 5.75 Å². The number of aromatic carboxylic acids is 1. The van der Waals surface area contributed by atoms with Gasteiger partial charge in [-0.3, -0.25) is 9.36 Å². The van der Waals surface area contributed by atoms with Crippen LogP contribution in [-0.2, 0) is 13.6 Å². The van der Waals surface area contributed by atoms with E-state index in [0.717, 1.165) is 0 Å². The van der Waals surface area contributed by atoms with E-state index >= 15 is 0 Å². The fraction of sp³-hybridized carbons (Fsp3) is 0.312. The van der Waals surface area contributed by atoms with Crippen LogP contribution in [0.15, 0.2) is 23.0 Å². The molecule has 1 aromatic carbocycles. The number of hydrogen-bond donors (Lipinski definition) is 1. The van der Waals surface area contributed by atoms with Crippen LogP contribution >= 0.6 is 23.2 Å². The van der Waals surface area contributed by atoms with Crippen LogP contribution in [0.1, 0.15) is 23.0 Å². The predicted molar refractivity (Wildman–Crippen MR) is 96.2 cm³/mol. The minimum absolute atomic E-state index is 0.154. The van der Waals surface area contributed by atoms with Crippen molar-refractivity contribution in [1.82, 2.24) is 9.55 Å². The van der Waals surface area contributed by atoms with Crippen molar-refractivity contribution in [2.75, 3.05) is 18.6 Å². The van der Waals surface area contributed by atoms with E-state index < -0.39 is 17.2 Å². The van der Waals surface area contributed by atoms with Gasteiger partial charge >= 0.3 is 5.97 Å². The van der Waals surface area contributed by atoms with Crippen molar-refractivity contribution < 1.29 is 14.6 Å². The third-order valence-corrected chi connectivity index (χ3v) is 4.22. The number of rotatable bonds is 6. The first kappa shape index (κ1) is 19.1. The fourth-order valence-electron chi connectivity index (χ4n) is 2.32. The molecule has 0 aliphatic rings. The third-order valence-electron chi connectivity index (χ3n) is 3.52. The number of halogens is 2. The van der Waals surface area contributed by atoms with Gasteiger partial charge in [-0.15, -0.1) is 0 Å². The molecule has 0 atom stereocenters. The lowest BCUT2D eigenvalue weighted by Crippen LogP contribution is -2.31. The van der Waals surface area contributed by atoms with Crippen LogP contribution in [-0.4, -0.2) is 34.3 Å². The maximum Gasteiger partial charge on any atom is 0.358 e. The summed E-state index contributed by atoms with van der Waals surface area (Å²) in [6, 6.07) is 5.12. The number of anilines is 1. The SMILES string of the molecule is CCOc1c(C(=O)O)nc(N(C)Cc2c(Cl)cccc2Cl)n(C)c1=O. The minimum Gasteiger partial charge on any atom is -0.486 e. The molecule has 25 heavy (non-hydrogen) atoms. The van der Waals surface area contributed by atoms with E-state index in [1.807, 2.05) is 0 Å². The molecule has 0 aliphatic carbocycles. The average molecular weight is 386 g/mol. The molecule has 0 unspecified atom stereocenters. The van der Waals surface area contributed by atoms with Gasteiger partial charge in [0.15, 0.2) is 5.69 Å².